The summed E-state index contributed by atoms with van der Waals surface area (Å²) < 4.78 is 5.81. The molecule has 142 valence electrons. The van der Waals surface area contributed by atoms with Gasteiger partial charge in [0.25, 0.3) is 0 Å². The van der Waals surface area contributed by atoms with Crippen molar-refractivity contribution in [2.45, 2.75) is 58.3 Å². The lowest BCUT2D eigenvalue weighted by Crippen LogP contribution is -2.59. The number of nitrogens with one attached hydrogen (secondary N) is 1. The van der Waals surface area contributed by atoms with E-state index in [2.05, 4.69) is 37.9 Å². The number of hydrogen-bond donors (Lipinski definition) is 1. The van der Waals surface area contributed by atoms with E-state index in [0.717, 1.165) is 13.1 Å². The summed E-state index contributed by atoms with van der Waals surface area (Å²) in [6.07, 6.45) is 1.64. The molecular weight excluding hydrogens is 328 g/mol. The number of nitrogens with zero attached hydrogens (tertiary/aromatic N) is 1. The average molecular weight is 358 g/mol. The largest absolute Gasteiger partial charge is 0.373 e. The lowest BCUT2D eigenvalue weighted by Gasteiger charge is -2.45. The van der Waals surface area contributed by atoms with Crippen LogP contribution in [0.1, 0.15) is 50.9 Å². The molecule has 0 unspecified atom stereocenters. The van der Waals surface area contributed by atoms with Gasteiger partial charge in [-0.15, -0.1) is 0 Å². The summed E-state index contributed by atoms with van der Waals surface area (Å²) in [5, 5.41) is 3.06. The van der Waals surface area contributed by atoms with Gasteiger partial charge < -0.3 is 10.1 Å². The Hall–Kier alpha value is -1.72. The second-order valence-electron chi connectivity index (χ2n) is 8.43. The molecule has 1 saturated heterocycles. The van der Waals surface area contributed by atoms with Gasteiger partial charge in [0.1, 0.15) is 5.41 Å². The summed E-state index contributed by atoms with van der Waals surface area (Å²) in [6, 6.07) is 9.13. The first-order valence-electron chi connectivity index (χ1n) is 9.53. The van der Waals surface area contributed by atoms with Gasteiger partial charge in [-0.2, -0.15) is 0 Å². The second kappa shape index (κ2) is 7.12. The predicted octanol–water partition coefficient (Wildman–Crippen LogP) is 2.65. The summed E-state index contributed by atoms with van der Waals surface area (Å²) in [7, 11) is 0. The van der Waals surface area contributed by atoms with Gasteiger partial charge in [0, 0.05) is 30.7 Å². The Morgan fingerprint density at radius 2 is 1.73 bits per heavy atom. The van der Waals surface area contributed by atoms with E-state index in [1.165, 1.54) is 0 Å². The Kier molecular flexibility index (Phi) is 5.22. The van der Waals surface area contributed by atoms with Crippen molar-refractivity contribution >= 4 is 11.7 Å². The highest BCUT2D eigenvalue weighted by atomic mass is 16.5. The molecule has 2 atom stereocenters. The van der Waals surface area contributed by atoms with E-state index in [9.17, 15) is 9.59 Å². The fraction of sp³-hybridized carbons (Fsp3) is 0.619. The number of amides is 1. The van der Waals surface area contributed by atoms with E-state index in [-0.39, 0.29) is 29.4 Å². The summed E-state index contributed by atoms with van der Waals surface area (Å²) in [5.41, 5.74) is -0.424. The first kappa shape index (κ1) is 19.1. The Labute approximate surface area is 156 Å². The van der Waals surface area contributed by atoms with Gasteiger partial charge in [0.15, 0.2) is 5.78 Å². The molecule has 5 nitrogen and oxygen atoms in total. The maximum absolute atomic E-state index is 12.8. The number of carbonyl (C=O) groups excluding carboxylic acids is 2. The smallest absolute Gasteiger partial charge is 0.234 e. The fourth-order valence-corrected chi connectivity index (χ4v) is 3.80. The van der Waals surface area contributed by atoms with Gasteiger partial charge in [-0.05, 0) is 40.5 Å². The average Bonchev–Trinajstić information content (AvgIpc) is 3.41. The maximum Gasteiger partial charge on any atom is 0.234 e. The van der Waals surface area contributed by atoms with Crippen molar-refractivity contribution < 1.29 is 14.3 Å². The number of hydrogen-bond acceptors (Lipinski definition) is 4. The van der Waals surface area contributed by atoms with Crippen molar-refractivity contribution in [2.75, 3.05) is 19.6 Å². The molecule has 0 aromatic heterocycles. The molecule has 2 fully saturated rings. The monoisotopic (exact) mass is 358 g/mol. The standard InChI is InChI=1S/C21H30N2O3/c1-15-12-23(13-16(2)26-15)20(3,4)14-22-19(25)21(10-11-21)18(24)17-8-6-5-7-9-17/h5-9,15-16H,10-14H2,1-4H3,(H,22,25)/t15-,16+. The van der Waals surface area contributed by atoms with Crippen LogP contribution in [0.5, 0.6) is 0 Å². The lowest BCUT2D eigenvalue weighted by molar-refractivity contribution is -0.126. The van der Waals surface area contributed by atoms with E-state index in [4.69, 9.17) is 4.74 Å². The minimum Gasteiger partial charge on any atom is -0.373 e. The van der Waals surface area contributed by atoms with Crippen molar-refractivity contribution in [2.24, 2.45) is 5.41 Å². The number of carbonyl (C=O) groups is 2. The Balaban J connectivity index is 1.62. The predicted molar refractivity (Wildman–Crippen MR) is 101 cm³/mol. The minimum atomic E-state index is -0.858. The van der Waals surface area contributed by atoms with Crippen LogP contribution in [0.2, 0.25) is 0 Å². The van der Waals surface area contributed by atoms with Gasteiger partial charge >= 0.3 is 0 Å². The molecule has 1 aromatic carbocycles. The normalized spacial score (nSPS) is 25.5. The third kappa shape index (κ3) is 3.84. The van der Waals surface area contributed by atoms with E-state index in [0.29, 0.717) is 24.9 Å². The van der Waals surface area contributed by atoms with Crippen LogP contribution < -0.4 is 5.32 Å². The molecule has 1 heterocycles. The number of benzene rings is 1. The molecule has 2 aliphatic rings. The quantitative estimate of drug-likeness (QED) is 0.627. The molecule has 3 rings (SSSR count). The van der Waals surface area contributed by atoms with Crippen LogP contribution in [0.4, 0.5) is 0 Å². The van der Waals surface area contributed by atoms with Gasteiger partial charge in [-0.3, -0.25) is 14.5 Å². The first-order valence-corrected chi connectivity index (χ1v) is 9.53. The lowest BCUT2D eigenvalue weighted by atomic mass is 9.93. The molecule has 1 N–H and O–H groups in total. The van der Waals surface area contributed by atoms with Crippen molar-refractivity contribution in [3.05, 3.63) is 35.9 Å². The van der Waals surface area contributed by atoms with Crippen molar-refractivity contribution in [1.82, 2.24) is 10.2 Å². The van der Waals surface area contributed by atoms with E-state index in [1.807, 2.05) is 18.2 Å². The number of Topliss-reactive ketones (excluding diaryl/α,β-unsaturated/α-hetero) is 1. The van der Waals surface area contributed by atoms with Crippen LogP contribution in [0, 0.1) is 5.41 Å². The summed E-state index contributed by atoms with van der Waals surface area (Å²) in [5.74, 6) is -0.184. The molecular formula is C21H30N2O3. The number of rotatable bonds is 6. The van der Waals surface area contributed by atoms with Gasteiger partial charge in [-0.25, -0.2) is 0 Å². The molecule has 0 spiro atoms. The molecule has 1 aliphatic heterocycles. The summed E-state index contributed by atoms with van der Waals surface area (Å²) in [4.78, 5) is 28.0. The SMILES string of the molecule is C[C@@H]1CN(C(C)(C)CNC(=O)C2(C(=O)c3ccccc3)CC2)C[C@H](C)O1. The van der Waals surface area contributed by atoms with Gasteiger partial charge in [-0.1, -0.05) is 30.3 Å². The summed E-state index contributed by atoms with van der Waals surface area (Å²) in [6.45, 7) is 10.6. The molecule has 0 bridgehead atoms. The van der Waals surface area contributed by atoms with Gasteiger partial charge in [0.2, 0.25) is 5.91 Å². The first-order chi connectivity index (χ1) is 12.2. The van der Waals surface area contributed by atoms with E-state index >= 15 is 0 Å². The highest BCUT2D eigenvalue weighted by molar-refractivity contribution is 6.16. The summed E-state index contributed by atoms with van der Waals surface area (Å²) >= 11 is 0. The molecule has 26 heavy (non-hydrogen) atoms. The Morgan fingerprint density at radius 1 is 1.15 bits per heavy atom. The third-order valence-corrected chi connectivity index (χ3v) is 5.61. The zero-order valence-corrected chi connectivity index (χ0v) is 16.2. The number of ketones is 1. The zero-order chi connectivity index (χ0) is 18.9. The van der Waals surface area contributed by atoms with E-state index in [1.54, 1.807) is 12.1 Å². The molecule has 5 heteroatoms. The molecule has 1 aromatic rings. The minimum absolute atomic E-state index is 0.0537. The van der Waals surface area contributed by atoms with Crippen LogP contribution in [0.25, 0.3) is 0 Å². The highest BCUT2D eigenvalue weighted by Gasteiger charge is 2.56. The van der Waals surface area contributed by atoms with Crippen LogP contribution in [-0.4, -0.2) is 54.0 Å². The topological polar surface area (TPSA) is 58.6 Å². The second-order valence-corrected chi connectivity index (χ2v) is 8.43. The highest BCUT2D eigenvalue weighted by Crippen LogP contribution is 2.48. The fourth-order valence-electron chi connectivity index (χ4n) is 3.80. The zero-order valence-electron chi connectivity index (χ0n) is 16.2. The number of ether oxygens (including phenoxy) is 1. The van der Waals surface area contributed by atoms with Crippen molar-refractivity contribution in [3.63, 3.8) is 0 Å². The molecule has 0 radical (unpaired) electrons. The van der Waals surface area contributed by atoms with Crippen LogP contribution in [0.3, 0.4) is 0 Å². The van der Waals surface area contributed by atoms with Crippen LogP contribution >= 0.6 is 0 Å². The molecule has 1 saturated carbocycles. The van der Waals surface area contributed by atoms with E-state index < -0.39 is 5.41 Å². The Morgan fingerprint density at radius 3 is 2.27 bits per heavy atom. The maximum atomic E-state index is 12.8. The molecule has 1 aliphatic carbocycles. The van der Waals surface area contributed by atoms with Gasteiger partial charge in [0.05, 0.1) is 12.2 Å². The van der Waals surface area contributed by atoms with Crippen LogP contribution in [0.15, 0.2) is 30.3 Å². The third-order valence-electron chi connectivity index (χ3n) is 5.61. The van der Waals surface area contributed by atoms with Crippen molar-refractivity contribution in [1.29, 1.82) is 0 Å². The van der Waals surface area contributed by atoms with Crippen LogP contribution in [-0.2, 0) is 9.53 Å². The number of morpholine rings is 1. The van der Waals surface area contributed by atoms with Crippen molar-refractivity contribution in [3.8, 4) is 0 Å². The Bertz CT molecular complexity index is 657. The molecule has 1 amide bonds.